The minimum absolute atomic E-state index is 0.0526. The van der Waals surface area contributed by atoms with Gasteiger partial charge < -0.3 is 10.6 Å². The lowest BCUT2D eigenvalue weighted by atomic mass is 9.94. The summed E-state index contributed by atoms with van der Waals surface area (Å²) in [4.78, 5) is 11.5. The van der Waals surface area contributed by atoms with Crippen LogP contribution in [0.3, 0.4) is 0 Å². The van der Waals surface area contributed by atoms with E-state index in [4.69, 9.17) is 0 Å². The Morgan fingerprint density at radius 3 is 2.59 bits per heavy atom. The second-order valence-corrected chi connectivity index (χ2v) is 6.32. The van der Waals surface area contributed by atoms with Gasteiger partial charge in [0.2, 0.25) is 15.9 Å². The lowest BCUT2D eigenvalue weighted by Gasteiger charge is -2.21. The normalized spacial score (nSPS) is 17.9. The van der Waals surface area contributed by atoms with E-state index in [9.17, 15) is 13.2 Å². The molecule has 100 valence electrons. The zero-order valence-corrected chi connectivity index (χ0v) is 11.0. The predicted octanol–water partition coefficient (Wildman–Crippen LogP) is -0.958. The molecule has 1 aliphatic heterocycles. The lowest BCUT2D eigenvalue weighted by Crippen LogP contribution is -2.35. The van der Waals surface area contributed by atoms with E-state index in [2.05, 4.69) is 15.4 Å². The van der Waals surface area contributed by atoms with Crippen LogP contribution in [0.4, 0.5) is 0 Å². The van der Waals surface area contributed by atoms with E-state index in [1.165, 1.54) is 7.05 Å². The maximum atomic E-state index is 11.5. The first kappa shape index (κ1) is 14.4. The molecule has 0 saturated carbocycles. The van der Waals surface area contributed by atoms with Gasteiger partial charge >= 0.3 is 0 Å². The van der Waals surface area contributed by atoms with Crippen LogP contribution >= 0.6 is 0 Å². The molecule has 1 amide bonds. The molecule has 1 aliphatic rings. The summed E-state index contributed by atoms with van der Waals surface area (Å²) in [7, 11) is -1.86. The van der Waals surface area contributed by atoms with Crippen molar-refractivity contribution in [3.8, 4) is 0 Å². The molecule has 1 heterocycles. The molecule has 0 spiro atoms. The number of hydrogen-bond acceptors (Lipinski definition) is 4. The second-order valence-electron chi connectivity index (χ2n) is 4.27. The molecule has 0 aromatic heterocycles. The maximum Gasteiger partial charge on any atom is 0.220 e. The Bertz CT molecular complexity index is 337. The number of piperidine rings is 1. The first-order chi connectivity index (χ1) is 8.03. The van der Waals surface area contributed by atoms with Crippen LogP contribution in [0.5, 0.6) is 0 Å². The Morgan fingerprint density at radius 1 is 1.35 bits per heavy atom. The van der Waals surface area contributed by atoms with Gasteiger partial charge in [0.15, 0.2) is 0 Å². The van der Waals surface area contributed by atoms with Gasteiger partial charge in [-0.15, -0.1) is 0 Å². The Balaban J connectivity index is 2.16. The topological polar surface area (TPSA) is 87.3 Å². The van der Waals surface area contributed by atoms with Gasteiger partial charge in [0.1, 0.15) is 0 Å². The van der Waals surface area contributed by atoms with Gasteiger partial charge in [0.05, 0.1) is 5.75 Å². The number of carbonyl (C=O) groups is 1. The van der Waals surface area contributed by atoms with Crippen LogP contribution in [0.2, 0.25) is 0 Å². The summed E-state index contributed by atoms with van der Waals surface area (Å²) >= 11 is 0. The molecule has 6 nitrogen and oxygen atoms in total. The predicted molar refractivity (Wildman–Crippen MR) is 66.1 cm³/mol. The molecule has 0 aliphatic carbocycles. The highest BCUT2D eigenvalue weighted by atomic mass is 32.2. The van der Waals surface area contributed by atoms with Crippen molar-refractivity contribution in [2.24, 2.45) is 5.92 Å². The molecule has 0 radical (unpaired) electrons. The van der Waals surface area contributed by atoms with Crippen LogP contribution in [0.1, 0.15) is 19.3 Å². The molecular formula is C10H21N3O3S. The summed E-state index contributed by atoms with van der Waals surface area (Å²) in [5.74, 6) is 0.307. The molecule has 17 heavy (non-hydrogen) atoms. The SMILES string of the molecule is CNS(=O)(=O)CCNC(=O)CC1CCNCC1. The number of hydrogen-bond donors (Lipinski definition) is 3. The molecule has 0 aromatic rings. The molecule has 7 heteroatoms. The van der Waals surface area contributed by atoms with E-state index in [-0.39, 0.29) is 18.2 Å². The first-order valence-corrected chi connectivity index (χ1v) is 7.57. The molecule has 1 saturated heterocycles. The number of carbonyl (C=O) groups excluding carboxylic acids is 1. The summed E-state index contributed by atoms with van der Waals surface area (Å²) < 4.78 is 24.4. The highest BCUT2D eigenvalue weighted by Gasteiger charge is 2.16. The maximum absolute atomic E-state index is 11.5. The van der Waals surface area contributed by atoms with Crippen molar-refractivity contribution in [3.05, 3.63) is 0 Å². The van der Waals surface area contributed by atoms with Crippen LogP contribution in [0.15, 0.2) is 0 Å². The van der Waals surface area contributed by atoms with Gasteiger partial charge in [-0.1, -0.05) is 0 Å². The van der Waals surface area contributed by atoms with Crippen molar-refractivity contribution in [2.75, 3.05) is 32.4 Å². The molecular weight excluding hydrogens is 242 g/mol. The van der Waals surface area contributed by atoms with Crippen LogP contribution in [-0.4, -0.2) is 46.8 Å². The van der Waals surface area contributed by atoms with Crippen LogP contribution in [-0.2, 0) is 14.8 Å². The summed E-state index contributed by atoms with van der Waals surface area (Å²) in [5, 5.41) is 5.88. The Hall–Kier alpha value is -0.660. The van der Waals surface area contributed by atoms with Crippen LogP contribution in [0.25, 0.3) is 0 Å². The van der Waals surface area contributed by atoms with Crippen LogP contribution in [0, 0.1) is 5.92 Å². The second kappa shape index (κ2) is 6.93. The monoisotopic (exact) mass is 263 g/mol. The zero-order valence-electron chi connectivity index (χ0n) is 10.2. The van der Waals surface area contributed by atoms with Gasteiger partial charge in [-0.05, 0) is 38.9 Å². The number of nitrogens with one attached hydrogen (secondary N) is 3. The highest BCUT2D eigenvalue weighted by molar-refractivity contribution is 7.89. The van der Waals surface area contributed by atoms with Crippen molar-refractivity contribution >= 4 is 15.9 Å². The van der Waals surface area contributed by atoms with Crippen molar-refractivity contribution < 1.29 is 13.2 Å². The Morgan fingerprint density at radius 2 is 2.00 bits per heavy atom. The highest BCUT2D eigenvalue weighted by Crippen LogP contribution is 2.15. The van der Waals surface area contributed by atoms with Gasteiger partial charge in [0, 0.05) is 13.0 Å². The van der Waals surface area contributed by atoms with Gasteiger partial charge in [-0.3, -0.25) is 4.79 Å². The molecule has 3 N–H and O–H groups in total. The number of rotatable bonds is 6. The van der Waals surface area contributed by atoms with E-state index < -0.39 is 10.0 Å². The number of sulfonamides is 1. The fraction of sp³-hybridized carbons (Fsp3) is 0.900. The Kier molecular flexibility index (Phi) is 5.87. The largest absolute Gasteiger partial charge is 0.355 e. The molecule has 0 atom stereocenters. The van der Waals surface area contributed by atoms with Crippen molar-refractivity contribution in [1.29, 1.82) is 0 Å². The molecule has 0 unspecified atom stereocenters. The van der Waals surface area contributed by atoms with Gasteiger partial charge in [-0.2, -0.15) is 0 Å². The van der Waals surface area contributed by atoms with E-state index in [1.807, 2.05) is 0 Å². The molecule has 0 aromatic carbocycles. The minimum atomic E-state index is -3.22. The summed E-state index contributed by atoms with van der Waals surface area (Å²) in [6, 6.07) is 0. The minimum Gasteiger partial charge on any atom is -0.355 e. The summed E-state index contributed by atoms with van der Waals surface area (Å²) in [6.45, 7) is 2.10. The van der Waals surface area contributed by atoms with Crippen LogP contribution < -0.4 is 15.4 Å². The standard InChI is InChI=1S/C10H21N3O3S/c1-11-17(15,16)7-6-13-10(14)8-9-2-4-12-5-3-9/h9,11-12H,2-8H2,1H3,(H,13,14). The third-order valence-corrected chi connectivity index (χ3v) is 4.30. The summed E-state index contributed by atoms with van der Waals surface area (Å²) in [5.41, 5.74) is 0. The van der Waals surface area contributed by atoms with Gasteiger partial charge in [0.25, 0.3) is 0 Å². The van der Waals surface area contributed by atoms with Crippen molar-refractivity contribution in [1.82, 2.24) is 15.4 Å². The third kappa shape index (κ3) is 5.99. The zero-order chi connectivity index (χ0) is 12.7. The van der Waals surface area contributed by atoms with Crippen molar-refractivity contribution in [3.63, 3.8) is 0 Å². The molecule has 1 rings (SSSR count). The average molecular weight is 263 g/mol. The van der Waals surface area contributed by atoms with Crippen molar-refractivity contribution in [2.45, 2.75) is 19.3 Å². The third-order valence-electron chi connectivity index (χ3n) is 2.94. The van der Waals surface area contributed by atoms with Gasteiger partial charge in [-0.25, -0.2) is 13.1 Å². The van der Waals surface area contributed by atoms with E-state index >= 15 is 0 Å². The molecule has 1 fully saturated rings. The summed E-state index contributed by atoms with van der Waals surface area (Å²) in [6.07, 6.45) is 2.53. The smallest absolute Gasteiger partial charge is 0.220 e. The van der Waals surface area contributed by atoms with E-state index in [0.29, 0.717) is 12.3 Å². The number of amides is 1. The first-order valence-electron chi connectivity index (χ1n) is 5.92. The fourth-order valence-corrected chi connectivity index (χ4v) is 2.42. The Labute approximate surface area is 103 Å². The lowest BCUT2D eigenvalue weighted by molar-refractivity contribution is -0.122. The van der Waals surface area contributed by atoms with E-state index in [1.54, 1.807) is 0 Å². The fourth-order valence-electron chi connectivity index (χ4n) is 1.85. The molecule has 0 bridgehead atoms. The quantitative estimate of drug-likeness (QED) is 0.576. The van der Waals surface area contributed by atoms with E-state index in [0.717, 1.165) is 25.9 Å². The average Bonchev–Trinajstić information content (AvgIpc) is 2.30.